The third-order valence-corrected chi connectivity index (χ3v) is 4.95. The lowest BCUT2D eigenvalue weighted by atomic mass is 10.1. The predicted molar refractivity (Wildman–Crippen MR) is 108 cm³/mol. The van der Waals surface area contributed by atoms with Crippen LogP contribution in [-0.4, -0.2) is 32.3 Å². The van der Waals surface area contributed by atoms with Crippen molar-refractivity contribution in [2.24, 2.45) is 0 Å². The highest BCUT2D eigenvalue weighted by Crippen LogP contribution is 2.20. The molecule has 0 heterocycles. The van der Waals surface area contributed by atoms with Crippen molar-refractivity contribution in [3.63, 3.8) is 0 Å². The molecule has 29 heavy (non-hydrogen) atoms. The standard InChI is InChI=1S/C21H27NO6S/c1-16-9-11-19(12-10-16)29(24,25)28-22(20(23)27-21(2,3)4)14-17-7-6-8-18(13-17)15-26-5/h6-13H,14-15H2,1-5H3. The van der Waals surface area contributed by atoms with E-state index in [1.807, 2.05) is 19.1 Å². The van der Waals surface area contributed by atoms with Crippen LogP contribution in [0.5, 0.6) is 0 Å². The van der Waals surface area contributed by atoms with E-state index in [2.05, 4.69) is 0 Å². The maximum Gasteiger partial charge on any atom is 0.435 e. The number of nitrogens with zero attached hydrogens (tertiary/aromatic N) is 1. The van der Waals surface area contributed by atoms with E-state index < -0.39 is 21.8 Å². The Bertz CT molecular complexity index is 932. The molecule has 2 aromatic rings. The number of amides is 1. The first-order valence-corrected chi connectivity index (χ1v) is 10.5. The lowest BCUT2D eigenvalue weighted by Crippen LogP contribution is -2.38. The molecular formula is C21H27NO6S. The number of ether oxygens (including phenoxy) is 2. The molecule has 8 heteroatoms. The maximum atomic E-state index is 12.7. The van der Waals surface area contributed by atoms with E-state index in [1.54, 1.807) is 52.1 Å². The molecule has 0 aliphatic rings. The molecule has 2 rings (SSSR count). The second kappa shape index (κ2) is 9.39. The van der Waals surface area contributed by atoms with Gasteiger partial charge in [-0.25, -0.2) is 4.79 Å². The van der Waals surface area contributed by atoms with E-state index in [1.165, 1.54) is 12.1 Å². The van der Waals surface area contributed by atoms with Crippen molar-refractivity contribution >= 4 is 16.2 Å². The number of carbonyl (C=O) groups is 1. The smallest absolute Gasteiger partial charge is 0.435 e. The van der Waals surface area contributed by atoms with Crippen molar-refractivity contribution in [2.45, 2.75) is 51.3 Å². The van der Waals surface area contributed by atoms with Gasteiger partial charge in [-0.2, -0.15) is 13.5 Å². The highest BCUT2D eigenvalue weighted by molar-refractivity contribution is 7.86. The fourth-order valence-corrected chi connectivity index (χ4v) is 3.36. The van der Waals surface area contributed by atoms with Crippen LogP contribution in [-0.2, 0) is 37.0 Å². The Labute approximate surface area is 172 Å². The van der Waals surface area contributed by atoms with Crippen LogP contribution >= 0.6 is 0 Å². The van der Waals surface area contributed by atoms with Crippen molar-refractivity contribution < 1.29 is 27.0 Å². The van der Waals surface area contributed by atoms with Gasteiger partial charge in [0.1, 0.15) is 5.60 Å². The summed E-state index contributed by atoms with van der Waals surface area (Å²) in [5.74, 6) is 0. The predicted octanol–water partition coefficient (Wildman–Crippen LogP) is 4.20. The van der Waals surface area contributed by atoms with Gasteiger partial charge >= 0.3 is 16.2 Å². The number of carbonyl (C=O) groups excluding carboxylic acids is 1. The fraction of sp³-hybridized carbons (Fsp3) is 0.381. The Morgan fingerprint density at radius 1 is 1.03 bits per heavy atom. The molecule has 0 N–H and O–H groups in total. The Morgan fingerprint density at radius 2 is 1.66 bits per heavy atom. The molecule has 1 amide bonds. The van der Waals surface area contributed by atoms with E-state index in [4.69, 9.17) is 13.8 Å². The minimum Gasteiger partial charge on any atom is -0.442 e. The second-order valence-electron chi connectivity index (χ2n) is 7.61. The van der Waals surface area contributed by atoms with Gasteiger partial charge in [-0.3, -0.25) is 0 Å². The normalized spacial score (nSPS) is 11.9. The number of benzene rings is 2. The minimum atomic E-state index is -4.22. The summed E-state index contributed by atoms with van der Waals surface area (Å²) in [4.78, 5) is 12.6. The monoisotopic (exact) mass is 421 g/mol. The van der Waals surface area contributed by atoms with Crippen molar-refractivity contribution in [3.05, 3.63) is 65.2 Å². The fourth-order valence-electron chi connectivity index (χ4n) is 2.45. The highest BCUT2D eigenvalue weighted by Gasteiger charge is 2.29. The van der Waals surface area contributed by atoms with Gasteiger partial charge in [-0.15, -0.1) is 4.28 Å². The summed E-state index contributed by atoms with van der Waals surface area (Å²) in [6.45, 7) is 7.20. The van der Waals surface area contributed by atoms with Crippen LogP contribution < -0.4 is 0 Å². The van der Waals surface area contributed by atoms with Crippen molar-refractivity contribution in [1.29, 1.82) is 0 Å². The number of aryl methyl sites for hydroxylation is 1. The number of hydrogen-bond donors (Lipinski definition) is 0. The molecule has 0 saturated heterocycles. The Morgan fingerprint density at radius 3 is 2.24 bits per heavy atom. The largest absolute Gasteiger partial charge is 0.442 e. The van der Waals surface area contributed by atoms with Crippen molar-refractivity contribution in [2.75, 3.05) is 7.11 Å². The molecule has 0 aliphatic heterocycles. The number of hydroxylamine groups is 2. The first kappa shape index (κ1) is 22.9. The minimum absolute atomic E-state index is 0.0511. The summed E-state index contributed by atoms with van der Waals surface area (Å²) < 4.78 is 41.0. The van der Waals surface area contributed by atoms with Gasteiger partial charge in [-0.05, 0) is 51.0 Å². The van der Waals surface area contributed by atoms with Crippen molar-refractivity contribution in [3.8, 4) is 0 Å². The van der Waals surface area contributed by atoms with Crippen LogP contribution in [0.25, 0.3) is 0 Å². The molecule has 0 saturated carbocycles. The van der Waals surface area contributed by atoms with Gasteiger partial charge in [0.2, 0.25) is 0 Å². The lowest BCUT2D eigenvalue weighted by Gasteiger charge is -2.26. The van der Waals surface area contributed by atoms with Crippen LogP contribution in [0.1, 0.15) is 37.5 Å². The highest BCUT2D eigenvalue weighted by atomic mass is 32.2. The summed E-state index contributed by atoms with van der Waals surface area (Å²) in [6.07, 6.45) is -0.898. The molecule has 158 valence electrons. The summed E-state index contributed by atoms with van der Waals surface area (Å²) in [5, 5.41) is 0.715. The van der Waals surface area contributed by atoms with Gasteiger partial charge in [0, 0.05) is 7.11 Å². The Balaban J connectivity index is 2.30. The summed E-state index contributed by atoms with van der Waals surface area (Å²) in [6, 6.07) is 13.4. The number of rotatable bonds is 7. The summed E-state index contributed by atoms with van der Waals surface area (Å²) >= 11 is 0. The average molecular weight is 422 g/mol. The van der Waals surface area contributed by atoms with Gasteiger partial charge in [0.05, 0.1) is 18.0 Å². The van der Waals surface area contributed by atoms with E-state index in [-0.39, 0.29) is 11.4 Å². The average Bonchev–Trinajstić information content (AvgIpc) is 2.60. The number of methoxy groups -OCH3 is 1. The topological polar surface area (TPSA) is 82.1 Å². The molecular weight excluding hydrogens is 394 g/mol. The van der Waals surface area contributed by atoms with Crippen LogP contribution in [0.3, 0.4) is 0 Å². The van der Waals surface area contributed by atoms with E-state index in [9.17, 15) is 13.2 Å². The van der Waals surface area contributed by atoms with Crippen LogP contribution in [0.2, 0.25) is 0 Å². The summed E-state index contributed by atoms with van der Waals surface area (Å²) in [7, 11) is -2.64. The molecule has 0 radical (unpaired) electrons. The van der Waals surface area contributed by atoms with Gasteiger partial charge in [-0.1, -0.05) is 42.0 Å². The van der Waals surface area contributed by atoms with Crippen LogP contribution in [0.15, 0.2) is 53.4 Å². The molecule has 2 aromatic carbocycles. The quantitative estimate of drug-likeness (QED) is 0.623. The maximum absolute atomic E-state index is 12.7. The molecule has 0 aromatic heterocycles. The molecule has 0 atom stereocenters. The molecule has 0 fully saturated rings. The van der Waals surface area contributed by atoms with Crippen LogP contribution in [0.4, 0.5) is 4.79 Å². The zero-order valence-corrected chi connectivity index (χ0v) is 18.2. The third-order valence-electron chi connectivity index (χ3n) is 3.72. The Hall–Kier alpha value is -2.42. The SMILES string of the molecule is COCc1cccc(CN(OS(=O)(=O)c2ccc(C)cc2)C(=O)OC(C)(C)C)c1. The van der Waals surface area contributed by atoms with Crippen molar-refractivity contribution in [1.82, 2.24) is 5.06 Å². The molecule has 0 unspecified atom stereocenters. The summed E-state index contributed by atoms with van der Waals surface area (Å²) in [5.41, 5.74) is 1.65. The molecule has 7 nitrogen and oxygen atoms in total. The zero-order chi connectivity index (χ0) is 21.7. The molecule has 0 bridgehead atoms. The van der Waals surface area contributed by atoms with E-state index in [0.29, 0.717) is 17.2 Å². The third kappa shape index (κ3) is 7.16. The zero-order valence-electron chi connectivity index (χ0n) is 17.3. The van der Waals surface area contributed by atoms with Gasteiger partial charge < -0.3 is 9.47 Å². The second-order valence-corrected chi connectivity index (χ2v) is 9.14. The Kier molecular flexibility index (Phi) is 7.40. The van der Waals surface area contributed by atoms with Crippen LogP contribution in [0, 0.1) is 6.92 Å². The lowest BCUT2D eigenvalue weighted by molar-refractivity contribution is -0.0739. The first-order chi connectivity index (χ1) is 13.5. The molecule has 0 spiro atoms. The number of hydrogen-bond acceptors (Lipinski definition) is 6. The van der Waals surface area contributed by atoms with Gasteiger partial charge in [0.15, 0.2) is 0 Å². The molecule has 0 aliphatic carbocycles. The van der Waals surface area contributed by atoms with Gasteiger partial charge in [0.25, 0.3) is 0 Å². The van der Waals surface area contributed by atoms with E-state index in [0.717, 1.165) is 11.1 Å². The first-order valence-electron chi connectivity index (χ1n) is 9.09. The van der Waals surface area contributed by atoms with E-state index >= 15 is 0 Å².